The Morgan fingerprint density at radius 1 is 0.952 bits per heavy atom. The van der Waals surface area contributed by atoms with Crippen LogP contribution in [0.5, 0.6) is 0 Å². The molecule has 2 atom stereocenters. The molecule has 0 aromatic rings. The number of allylic oxidation sites excluding steroid dienone is 4. The number of hydrogen-bond donors (Lipinski definition) is 0. The van der Waals surface area contributed by atoms with Gasteiger partial charge in [-0.15, -0.1) is 0 Å². The van der Waals surface area contributed by atoms with Gasteiger partial charge in [0.1, 0.15) is 0 Å². The van der Waals surface area contributed by atoms with E-state index in [2.05, 4.69) is 76.2 Å². The van der Waals surface area contributed by atoms with Crippen LogP contribution in [0, 0.1) is 74.5 Å². The summed E-state index contributed by atoms with van der Waals surface area (Å²) in [4.78, 5) is 0. The van der Waals surface area contributed by atoms with Crippen molar-refractivity contribution in [3.63, 3.8) is 0 Å². The molecule has 0 unspecified atom stereocenters. The van der Waals surface area contributed by atoms with Gasteiger partial charge in [0.25, 0.3) is 0 Å². The summed E-state index contributed by atoms with van der Waals surface area (Å²) >= 11 is 0. The van der Waals surface area contributed by atoms with E-state index < -0.39 is 0 Å². The van der Waals surface area contributed by atoms with E-state index in [-0.39, 0.29) is 19.5 Å². The third kappa shape index (κ3) is 4.79. The van der Waals surface area contributed by atoms with Crippen LogP contribution in [0.3, 0.4) is 0 Å². The van der Waals surface area contributed by atoms with Gasteiger partial charge in [0.2, 0.25) is 0 Å². The van der Waals surface area contributed by atoms with Crippen LogP contribution in [0.2, 0.25) is 0 Å². The molecule has 0 aromatic heterocycles. The van der Waals surface area contributed by atoms with Gasteiger partial charge in [0.05, 0.1) is 0 Å². The van der Waals surface area contributed by atoms with E-state index in [1.165, 1.54) is 31.1 Å². The van der Waals surface area contributed by atoms with Crippen LogP contribution < -0.4 is 0 Å². The van der Waals surface area contributed by atoms with Crippen molar-refractivity contribution in [3.05, 3.63) is 87.0 Å². The average Bonchev–Trinajstić information content (AvgIpc) is 2.53. The summed E-state index contributed by atoms with van der Waals surface area (Å²) in [5.74, 6) is 6.02. The first-order chi connectivity index (χ1) is 9.83. The van der Waals surface area contributed by atoms with E-state index in [9.17, 15) is 0 Å². The third-order valence-electron chi connectivity index (χ3n) is 4.46. The molecule has 0 aliphatic heterocycles. The molecule has 0 N–H and O–H groups in total. The van der Waals surface area contributed by atoms with E-state index in [1.54, 1.807) is 5.92 Å². The van der Waals surface area contributed by atoms with E-state index >= 15 is 0 Å². The molecule has 0 nitrogen and oxygen atoms in total. The summed E-state index contributed by atoms with van der Waals surface area (Å²) in [6, 6.07) is 0. The molecular weight excluding hydrogens is 341 g/mol. The monoisotopic (exact) mass is 364 g/mol. The quantitative estimate of drug-likeness (QED) is 0.547. The third-order valence-corrected chi connectivity index (χ3v) is 4.46. The molecule has 2 bridgehead atoms. The van der Waals surface area contributed by atoms with Gasteiger partial charge in [-0.3, -0.25) is 0 Å². The Kier molecular flexibility index (Phi) is 7.20. The second-order valence-corrected chi connectivity index (χ2v) is 5.89. The number of fused-ring (bicyclic) bond motifs is 3. The minimum absolute atomic E-state index is 0. The normalized spacial score (nSPS) is 32.6. The van der Waals surface area contributed by atoms with Crippen molar-refractivity contribution in [3.8, 4) is 0 Å². The number of rotatable bonds is 0. The predicted octanol–water partition coefficient (Wildman–Crippen LogP) is 4.71. The Morgan fingerprint density at radius 2 is 1.62 bits per heavy atom. The summed E-state index contributed by atoms with van der Waals surface area (Å²) in [7, 11) is 0. The minimum atomic E-state index is 0. The van der Waals surface area contributed by atoms with Crippen molar-refractivity contribution in [1.29, 1.82) is 0 Å². The molecular formula is C20H22Ru. The molecule has 3 fully saturated rings. The Labute approximate surface area is 144 Å². The molecule has 4 aliphatic carbocycles. The molecule has 10 radical (unpaired) electrons. The topological polar surface area (TPSA) is 0 Å². The maximum absolute atomic E-state index is 2.42. The van der Waals surface area contributed by atoms with Crippen LogP contribution in [0.15, 0.2) is 24.3 Å². The summed E-state index contributed by atoms with van der Waals surface area (Å²) in [5, 5.41) is 0. The molecule has 0 aromatic carbocycles. The van der Waals surface area contributed by atoms with Crippen molar-refractivity contribution in [2.24, 2.45) is 11.8 Å². The Hall–Kier alpha value is 0.103. The molecule has 0 heterocycles. The Balaban J connectivity index is 0.000000147. The zero-order valence-corrected chi connectivity index (χ0v) is 14.2. The molecule has 0 amide bonds. The van der Waals surface area contributed by atoms with Crippen molar-refractivity contribution in [2.75, 3.05) is 0 Å². The second-order valence-electron chi connectivity index (χ2n) is 5.89. The summed E-state index contributed by atoms with van der Waals surface area (Å²) in [5.41, 5.74) is 0. The average molecular weight is 363 g/mol. The van der Waals surface area contributed by atoms with Crippen LogP contribution in [-0.4, -0.2) is 0 Å². The van der Waals surface area contributed by atoms with Crippen LogP contribution in [0.1, 0.15) is 26.2 Å². The van der Waals surface area contributed by atoms with Gasteiger partial charge in [0, 0.05) is 31.3 Å². The predicted molar refractivity (Wildman–Crippen MR) is 84.6 cm³/mol. The zero-order chi connectivity index (χ0) is 13.8. The van der Waals surface area contributed by atoms with Gasteiger partial charge < -0.3 is 0 Å². The maximum Gasteiger partial charge on any atom is 0.0124 e. The van der Waals surface area contributed by atoms with Gasteiger partial charge in [-0.1, -0.05) is 31.2 Å². The van der Waals surface area contributed by atoms with Crippen molar-refractivity contribution in [2.45, 2.75) is 26.2 Å². The van der Waals surface area contributed by atoms with Crippen molar-refractivity contribution < 1.29 is 19.5 Å². The standard InChI is InChI=1S/C10H14.C10H8.Ru/c1-8-5-6-9-3-2-4-10(8)7-9;1-2-6-10-8-4-3-7-9(10)5-1;/h2-3,5,9-10H,4,6-7H2,1H3;1-8H;/t9-,10-;;/m0../s1. The fourth-order valence-electron chi connectivity index (χ4n) is 3.16. The smallest absolute Gasteiger partial charge is 0.0124 e. The van der Waals surface area contributed by atoms with Crippen molar-refractivity contribution in [1.82, 2.24) is 0 Å². The fraction of sp³-hybridized carbons (Fsp3) is 0.300. The van der Waals surface area contributed by atoms with Gasteiger partial charge >= 0.3 is 0 Å². The zero-order valence-electron chi connectivity index (χ0n) is 12.5. The summed E-state index contributed by atoms with van der Waals surface area (Å²) in [6.07, 6.45) is 27.9. The van der Waals surface area contributed by atoms with Crippen molar-refractivity contribution >= 4 is 0 Å². The molecule has 4 aliphatic rings. The van der Waals surface area contributed by atoms with Gasteiger partial charge in [-0.25, -0.2) is 0 Å². The van der Waals surface area contributed by atoms with E-state index in [4.69, 9.17) is 0 Å². The maximum atomic E-state index is 2.42. The first-order valence-electron chi connectivity index (χ1n) is 7.60. The molecule has 4 rings (SSSR count). The fourth-order valence-corrected chi connectivity index (χ4v) is 3.16. The molecule has 110 valence electrons. The van der Waals surface area contributed by atoms with E-state index in [0.29, 0.717) is 0 Å². The second kappa shape index (κ2) is 8.66. The summed E-state index contributed by atoms with van der Waals surface area (Å²) < 4.78 is 0. The number of hydrogen-bond acceptors (Lipinski definition) is 0. The van der Waals surface area contributed by atoms with Gasteiger partial charge in [0.15, 0.2) is 0 Å². The van der Waals surface area contributed by atoms with Crippen LogP contribution >= 0.6 is 0 Å². The first kappa shape index (κ1) is 17.5. The molecule has 21 heavy (non-hydrogen) atoms. The largest absolute Gasteiger partial charge is 0.0762 e. The molecule has 0 spiro atoms. The van der Waals surface area contributed by atoms with Crippen LogP contribution in [0.25, 0.3) is 0 Å². The Bertz CT molecular complexity index is 335. The first-order valence-corrected chi connectivity index (χ1v) is 7.60. The molecule has 0 saturated heterocycles. The summed E-state index contributed by atoms with van der Waals surface area (Å²) in [6.45, 7) is 2.28. The Morgan fingerprint density at radius 3 is 2.24 bits per heavy atom. The molecule has 3 saturated carbocycles. The van der Waals surface area contributed by atoms with E-state index in [0.717, 1.165) is 11.8 Å². The van der Waals surface area contributed by atoms with Crippen LogP contribution in [0.4, 0.5) is 0 Å². The van der Waals surface area contributed by atoms with Gasteiger partial charge in [-0.05, 0) is 82.0 Å². The minimum Gasteiger partial charge on any atom is -0.0762 e. The van der Waals surface area contributed by atoms with Crippen LogP contribution in [-0.2, 0) is 19.5 Å². The molecule has 1 heteroatoms. The van der Waals surface area contributed by atoms with E-state index in [1.807, 2.05) is 0 Å². The SMILES string of the molecule is C[C]1[CH]C[C@@H]2[CH][CH]C[C@H]1C2.[CH]1[CH][CH][C]2C=CC=C[C]2[CH]1.[Ru]. The van der Waals surface area contributed by atoms with Gasteiger partial charge in [-0.2, -0.15) is 0 Å².